The van der Waals surface area contributed by atoms with Gasteiger partial charge in [0.2, 0.25) is 0 Å². The van der Waals surface area contributed by atoms with Crippen LogP contribution in [0.15, 0.2) is 41.4 Å². The number of nitrogens with one attached hydrogen (secondary N) is 2. The van der Waals surface area contributed by atoms with E-state index >= 15 is 0 Å². The maximum atomic E-state index is 14.0. The van der Waals surface area contributed by atoms with Crippen LogP contribution in [-0.4, -0.2) is 19.6 Å². The normalized spacial score (nSPS) is 12.2. The fourth-order valence-electron chi connectivity index (χ4n) is 2.72. The van der Waals surface area contributed by atoms with Crippen molar-refractivity contribution in [3.63, 3.8) is 0 Å². The molecule has 0 saturated heterocycles. The zero-order chi connectivity index (χ0) is 19.8. The second-order valence-corrected chi connectivity index (χ2v) is 6.22. The van der Waals surface area contributed by atoms with E-state index in [2.05, 4.69) is 21.7 Å². The van der Waals surface area contributed by atoms with Crippen LogP contribution in [0.5, 0.6) is 5.75 Å². The lowest BCUT2D eigenvalue weighted by Crippen LogP contribution is -2.38. The molecular formula is C21H25FN4O. The number of nitrogens with zero attached hydrogens (tertiary/aromatic N) is 2. The molecule has 0 radical (unpaired) electrons. The molecule has 0 aromatic heterocycles. The molecule has 0 spiro atoms. The number of methoxy groups -OCH3 is 1. The van der Waals surface area contributed by atoms with Crippen molar-refractivity contribution in [3.05, 3.63) is 64.5 Å². The Labute approximate surface area is 159 Å². The summed E-state index contributed by atoms with van der Waals surface area (Å²) >= 11 is 0. The third kappa shape index (κ3) is 5.45. The van der Waals surface area contributed by atoms with Crippen LogP contribution in [-0.2, 0) is 6.54 Å². The predicted octanol–water partition coefficient (Wildman–Crippen LogP) is 3.83. The van der Waals surface area contributed by atoms with Crippen molar-refractivity contribution in [2.24, 2.45) is 4.99 Å². The molecular weight excluding hydrogens is 343 g/mol. The summed E-state index contributed by atoms with van der Waals surface area (Å²) in [6.07, 6.45) is 0. The van der Waals surface area contributed by atoms with Crippen molar-refractivity contribution >= 4 is 5.96 Å². The first-order chi connectivity index (χ1) is 13.0. The minimum absolute atomic E-state index is 0.0621. The Morgan fingerprint density at radius 1 is 1.30 bits per heavy atom. The minimum Gasteiger partial charge on any atom is -0.496 e. The highest BCUT2D eigenvalue weighted by atomic mass is 19.1. The molecule has 1 unspecified atom stereocenters. The van der Waals surface area contributed by atoms with E-state index in [-0.39, 0.29) is 18.4 Å². The Morgan fingerprint density at radius 2 is 2.07 bits per heavy atom. The number of guanidine groups is 1. The summed E-state index contributed by atoms with van der Waals surface area (Å²) in [5, 5.41) is 15.5. The smallest absolute Gasteiger partial charge is 0.192 e. The Kier molecular flexibility index (Phi) is 7.18. The minimum atomic E-state index is -0.373. The molecule has 27 heavy (non-hydrogen) atoms. The molecule has 2 rings (SSSR count). The summed E-state index contributed by atoms with van der Waals surface area (Å²) < 4.78 is 19.4. The van der Waals surface area contributed by atoms with Crippen LogP contribution in [0, 0.1) is 24.1 Å². The Bertz CT molecular complexity index is 858. The molecule has 0 fully saturated rings. The van der Waals surface area contributed by atoms with Crippen LogP contribution in [0.1, 0.15) is 42.1 Å². The van der Waals surface area contributed by atoms with Gasteiger partial charge < -0.3 is 15.4 Å². The molecule has 0 aliphatic heterocycles. The number of rotatable bonds is 6. The Hall–Kier alpha value is -3.07. The second-order valence-electron chi connectivity index (χ2n) is 6.22. The van der Waals surface area contributed by atoms with Gasteiger partial charge in [0.1, 0.15) is 11.6 Å². The maximum absolute atomic E-state index is 14.0. The van der Waals surface area contributed by atoms with Crippen molar-refractivity contribution in [2.45, 2.75) is 33.4 Å². The van der Waals surface area contributed by atoms with E-state index in [4.69, 9.17) is 10.00 Å². The van der Waals surface area contributed by atoms with Gasteiger partial charge in [0.05, 0.1) is 31.3 Å². The van der Waals surface area contributed by atoms with Crippen molar-refractivity contribution in [1.82, 2.24) is 10.6 Å². The largest absolute Gasteiger partial charge is 0.496 e. The zero-order valence-corrected chi connectivity index (χ0v) is 16.1. The molecule has 0 amide bonds. The maximum Gasteiger partial charge on any atom is 0.192 e. The van der Waals surface area contributed by atoms with E-state index in [9.17, 15) is 4.39 Å². The van der Waals surface area contributed by atoms with Gasteiger partial charge >= 0.3 is 0 Å². The fourth-order valence-corrected chi connectivity index (χ4v) is 2.72. The average molecular weight is 368 g/mol. The van der Waals surface area contributed by atoms with Gasteiger partial charge in [-0.2, -0.15) is 5.26 Å². The van der Waals surface area contributed by atoms with Gasteiger partial charge in [-0.05, 0) is 45.0 Å². The van der Waals surface area contributed by atoms with E-state index in [0.717, 1.165) is 16.9 Å². The van der Waals surface area contributed by atoms with Crippen molar-refractivity contribution < 1.29 is 9.13 Å². The number of nitriles is 1. The average Bonchev–Trinajstić information content (AvgIpc) is 2.67. The topological polar surface area (TPSA) is 69.4 Å². The summed E-state index contributed by atoms with van der Waals surface area (Å²) in [5.74, 6) is 0.988. The number of aliphatic imine (C=N–C) groups is 1. The first-order valence-corrected chi connectivity index (χ1v) is 8.86. The Morgan fingerprint density at radius 3 is 2.74 bits per heavy atom. The highest BCUT2D eigenvalue weighted by Gasteiger charge is 2.13. The zero-order valence-electron chi connectivity index (χ0n) is 16.1. The van der Waals surface area contributed by atoms with Gasteiger partial charge in [-0.3, -0.25) is 0 Å². The van der Waals surface area contributed by atoms with Gasteiger partial charge in [0.25, 0.3) is 0 Å². The number of halogens is 1. The molecule has 2 aromatic rings. The summed E-state index contributed by atoms with van der Waals surface area (Å²) in [7, 11) is 1.64. The van der Waals surface area contributed by atoms with Crippen molar-refractivity contribution in [1.29, 1.82) is 5.26 Å². The van der Waals surface area contributed by atoms with E-state index in [1.165, 1.54) is 18.2 Å². The number of ether oxygens (including phenoxy) is 1. The number of aryl methyl sites for hydroxylation is 1. The van der Waals surface area contributed by atoms with E-state index in [1.54, 1.807) is 7.11 Å². The molecule has 0 bridgehead atoms. The second kappa shape index (κ2) is 9.58. The lowest BCUT2D eigenvalue weighted by atomic mass is 10.0. The number of hydrogen-bond acceptors (Lipinski definition) is 3. The highest BCUT2D eigenvalue weighted by molar-refractivity contribution is 5.80. The quantitative estimate of drug-likeness (QED) is 0.601. The fraction of sp³-hybridized carbons (Fsp3) is 0.333. The highest BCUT2D eigenvalue weighted by Crippen LogP contribution is 2.26. The van der Waals surface area contributed by atoms with Gasteiger partial charge in [-0.15, -0.1) is 0 Å². The van der Waals surface area contributed by atoms with Gasteiger partial charge in [-0.1, -0.05) is 17.7 Å². The Balaban J connectivity index is 2.21. The number of benzene rings is 2. The molecule has 6 heteroatoms. The van der Waals surface area contributed by atoms with Gasteiger partial charge in [0, 0.05) is 17.7 Å². The molecule has 5 nitrogen and oxygen atoms in total. The van der Waals surface area contributed by atoms with Crippen molar-refractivity contribution in [3.8, 4) is 11.8 Å². The molecule has 142 valence electrons. The van der Waals surface area contributed by atoms with Crippen molar-refractivity contribution in [2.75, 3.05) is 13.7 Å². The van der Waals surface area contributed by atoms with Crippen LogP contribution in [0.4, 0.5) is 4.39 Å². The van der Waals surface area contributed by atoms with Crippen LogP contribution < -0.4 is 15.4 Å². The van der Waals surface area contributed by atoms with E-state index in [0.29, 0.717) is 23.6 Å². The standard InChI is InChI=1S/C21H25FN4O/c1-5-24-21(25-13-17-11-16(12-23)7-8-19(17)22)26-15(3)18-10-14(2)6-9-20(18)27-4/h6-11,15H,5,13H2,1-4H3,(H2,24,25,26). The molecule has 0 aliphatic carbocycles. The molecule has 2 N–H and O–H groups in total. The molecule has 0 aliphatic rings. The molecule has 0 saturated carbocycles. The lowest BCUT2D eigenvalue weighted by Gasteiger charge is -2.20. The van der Waals surface area contributed by atoms with Gasteiger partial charge in [0.15, 0.2) is 5.96 Å². The van der Waals surface area contributed by atoms with Crippen LogP contribution in [0.2, 0.25) is 0 Å². The summed E-state index contributed by atoms with van der Waals surface area (Å²) in [5.41, 5.74) is 2.95. The van der Waals surface area contributed by atoms with Crippen LogP contribution in [0.25, 0.3) is 0 Å². The number of hydrogen-bond donors (Lipinski definition) is 2. The van der Waals surface area contributed by atoms with Crippen LogP contribution >= 0.6 is 0 Å². The van der Waals surface area contributed by atoms with E-state index in [1.807, 2.05) is 39.0 Å². The molecule has 0 heterocycles. The van der Waals surface area contributed by atoms with Crippen LogP contribution in [0.3, 0.4) is 0 Å². The van der Waals surface area contributed by atoms with E-state index < -0.39 is 0 Å². The first-order valence-electron chi connectivity index (χ1n) is 8.86. The molecule has 1 atom stereocenters. The third-order valence-electron chi connectivity index (χ3n) is 4.13. The molecule has 2 aromatic carbocycles. The third-order valence-corrected chi connectivity index (χ3v) is 4.13. The SMILES string of the molecule is CCNC(=NCc1cc(C#N)ccc1F)NC(C)c1cc(C)ccc1OC. The predicted molar refractivity (Wildman–Crippen MR) is 105 cm³/mol. The lowest BCUT2D eigenvalue weighted by molar-refractivity contribution is 0.405. The monoisotopic (exact) mass is 368 g/mol. The first kappa shape index (κ1) is 20.2. The van der Waals surface area contributed by atoms with Gasteiger partial charge in [-0.25, -0.2) is 9.38 Å². The summed E-state index contributed by atoms with van der Waals surface area (Å²) in [6.45, 7) is 6.81. The summed E-state index contributed by atoms with van der Waals surface area (Å²) in [6, 6.07) is 12.2. The summed E-state index contributed by atoms with van der Waals surface area (Å²) in [4.78, 5) is 4.47.